The molecule has 122 valence electrons. The molecule has 0 heterocycles. The molecular formula is C18H14O6. The predicted molar refractivity (Wildman–Crippen MR) is 85.2 cm³/mol. The van der Waals surface area contributed by atoms with Crippen molar-refractivity contribution in [1.29, 1.82) is 0 Å². The van der Waals surface area contributed by atoms with Gasteiger partial charge in [-0.05, 0) is 36.4 Å². The van der Waals surface area contributed by atoms with Gasteiger partial charge in [0.2, 0.25) is 23.0 Å². The lowest BCUT2D eigenvalue weighted by molar-refractivity contribution is -0.128. The molecule has 0 saturated carbocycles. The maximum atomic E-state index is 9.65. The van der Waals surface area contributed by atoms with Crippen LogP contribution in [-0.4, -0.2) is 10.2 Å². The summed E-state index contributed by atoms with van der Waals surface area (Å²) in [6.07, 6.45) is 0. The zero-order valence-electron chi connectivity index (χ0n) is 12.5. The number of para-hydroxylation sites is 6. The lowest BCUT2D eigenvalue weighted by Gasteiger charge is -2.11. The van der Waals surface area contributed by atoms with Gasteiger partial charge < -0.3 is 10.2 Å². The van der Waals surface area contributed by atoms with Gasteiger partial charge in [0, 0.05) is 0 Å². The van der Waals surface area contributed by atoms with Crippen LogP contribution in [0.25, 0.3) is 0 Å². The molecule has 0 radical (unpaired) electrons. The lowest BCUT2D eigenvalue weighted by atomic mass is 10.3. The highest BCUT2D eigenvalue weighted by molar-refractivity contribution is 5.41. The van der Waals surface area contributed by atoms with Crippen LogP contribution in [0.4, 0.5) is 0 Å². The minimum atomic E-state index is -0.0543. The molecule has 0 aliphatic carbocycles. The van der Waals surface area contributed by atoms with Crippen LogP contribution >= 0.6 is 0 Å². The fourth-order valence-electron chi connectivity index (χ4n) is 1.82. The van der Waals surface area contributed by atoms with E-state index >= 15 is 0 Å². The summed E-state index contributed by atoms with van der Waals surface area (Å²) in [5, 5.41) is 19.3. The van der Waals surface area contributed by atoms with Crippen molar-refractivity contribution in [3.8, 4) is 34.5 Å². The highest BCUT2D eigenvalue weighted by atomic mass is 17.2. The average molecular weight is 326 g/mol. The topological polar surface area (TPSA) is 77.4 Å². The van der Waals surface area contributed by atoms with Gasteiger partial charge in [0.15, 0.2) is 11.5 Å². The Bertz CT molecular complexity index is 749. The summed E-state index contributed by atoms with van der Waals surface area (Å²) in [4.78, 5) is 20.6. The zero-order valence-corrected chi connectivity index (χ0v) is 12.5. The first-order valence-corrected chi connectivity index (χ1v) is 7.08. The zero-order chi connectivity index (χ0) is 16.8. The van der Waals surface area contributed by atoms with Gasteiger partial charge in [0.25, 0.3) is 0 Å². The number of aromatic hydroxyl groups is 2. The Morgan fingerprint density at radius 2 is 0.708 bits per heavy atom. The number of hydrogen-bond donors (Lipinski definition) is 2. The van der Waals surface area contributed by atoms with Gasteiger partial charge in [0.1, 0.15) is 0 Å². The Morgan fingerprint density at radius 1 is 0.417 bits per heavy atom. The number of phenolic OH excluding ortho intramolecular Hbond substituents is 2. The van der Waals surface area contributed by atoms with Crippen LogP contribution in [0.1, 0.15) is 0 Å². The second-order valence-electron chi connectivity index (χ2n) is 4.72. The van der Waals surface area contributed by atoms with E-state index in [1.807, 2.05) is 0 Å². The first-order valence-electron chi connectivity index (χ1n) is 7.08. The normalized spacial score (nSPS) is 10.0. The van der Waals surface area contributed by atoms with Gasteiger partial charge in [-0.1, -0.05) is 36.4 Å². The van der Waals surface area contributed by atoms with Crippen molar-refractivity contribution in [3.05, 3.63) is 72.8 Å². The molecule has 0 aromatic heterocycles. The predicted octanol–water partition coefficient (Wildman–Crippen LogP) is 3.84. The van der Waals surface area contributed by atoms with Crippen molar-refractivity contribution in [2.45, 2.75) is 0 Å². The fourth-order valence-corrected chi connectivity index (χ4v) is 1.82. The maximum Gasteiger partial charge on any atom is 0.225 e. The summed E-state index contributed by atoms with van der Waals surface area (Å²) in [6, 6.07) is 19.4. The maximum absolute atomic E-state index is 9.65. The Hall–Kier alpha value is -3.54. The molecule has 3 aromatic rings. The van der Waals surface area contributed by atoms with Crippen LogP contribution in [0.5, 0.6) is 34.5 Å². The largest absolute Gasteiger partial charge is 0.504 e. The Labute approximate surface area is 137 Å². The Morgan fingerprint density at radius 3 is 1.08 bits per heavy atom. The smallest absolute Gasteiger partial charge is 0.225 e. The molecule has 2 N–H and O–H groups in total. The van der Waals surface area contributed by atoms with Crippen molar-refractivity contribution in [2.75, 3.05) is 0 Å². The molecule has 0 aliphatic rings. The van der Waals surface area contributed by atoms with Gasteiger partial charge in [-0.25, -0.2) is 0 Å². The summed E-state index contributed by atoms with van der Waals surface area (Å²) >= 11 is 0. The van der Waals surface area contributed by atoms with E-state index in [0.29, 0.717) is 0 Å². The molecule has 0 aliphatic heterocycles. The van der Waals surface area contributed by atoms with Crippen LogP contribution in [0, 0.1) is 0 Å². The van der Waals surface area contributed by atoms with Crippen molar-refractivity contribution >= 4 is 0 Å². The Balaban J connectivity index is 1.69. The van der Waals surface area contributed by atoms with Crippen LogP contribution in [0.2, 0.25) is 0 Å². The summed E-state index contributed by atoms with van der Waals surface area (Å²) in [5.41, 5.74) is 0. The van der Waals surface area contributed by atoms with Gasteiger partial charge >= 0.3 is 0 Å². The molecule has 0 bridgehead atoms. The van der Waals surface area contributed by atoms with Crippen LogP contribution in [0.3, 0.4) is 0 Å². The lowest BCUT2D eigenvalue weighted by Crippen LogP contribution is -2.05. The molecular weight excluding hydrogens is 312 g/mol. The molecule has 6 nitrogen and oxygen atoms in total. The van der Waals surface area contributed by atoms with Crippen LogP contribution < -0.4 is 19.6 Å². The molecule has 3 rings (SSSR count). The molecule has 0 spiro atoms. The Kier molecular flexibility index (Phi) is 4.57. The van der Waals surface area contributed by atoms with Gasteiger partial charge in [-0.15, -0.1) is 0 Å². The molecule has 0 atom stereocenters. The van der Waals surface area contributed by atoms with E-state index in [0.717, 1.165) is 0 Å². The third-order valence-corrected chi connectivity index (χ3v) is 3.02. The highest BCUT2D eigenvalue weighted by Gasteiger charge is 2.11. The summed E-state index contributed by atoms with van der Waals surface area (Å²) in [6.45, 7) is 0. The second kappa shape index (κ2) is 7.15. The standard InChI is InChI=1S/C18H14O6/c19-13-7-1-3-9-15(13)21-23-17-11-5-6-12-18(17)24-22-16-10-4-2-8-14(16)20/h1-12,19-20H. The summed E-state index contributed by atoms with van der Waals surface area (Å²) in [5.74, 6) is 0.679. The SMILES string of the molecule is Oc1ccccc1OOc1ccccc1OOc1ccccc1O. The van der Waals surface area contributed by atoms with E-state index in [4.69, 9.17) is 19.6 Å². The van der Waals surface area contributed by atoms with Crippen molar-refractivity contribution < 1.29 is 29.8 Å². The second-order valence-corrected chi connectivity index (χ2v) is 4.72. The van der Waals surface area contributed by atoms with Gasteiger partial charge in [-0.2, -0.15) is 0 Å². The first-order chi connectivity index (χ1) is 11.7. The van der Waals surface area contributed by atoms with Crippen molar-refractivity contribution in [2.24, 2.45) is 0 Å². The molecule has 24 heavy (non-hydrogen) atoms. The van der Waals surface area contributed by atoms with E-state index in [9.17, 15) is 10.2 Å². The monoisotopic (exact) mass is 326 g/mol. The van der Waals surface area contributed by atoms with E-state index in [1.54, 1.807) is 60.7 Å². The average Bonchev–Trinajstić information content (AvgIpc) is 2.61. The van der Waals surface area contributed by atoms with Gasteiger partial charge in [0.05, 0.1) is 0 Å². The van der Waals surface area contributed by atoms with E-state index in [-0.39, 0.29) is 34.5 Å². The van der Waals surface area contributed by atoms with Crippen LogP contribution in [0.15, 0.2) is 72.8 Å². The van der Waals surface area contributed by atoms with Crippen molar-refractivity contribution in [3.63, 3.8) is 0 Å². The fraction of sp³-hybridized carbons (Fsp3) is 0. The van der Waals surface area contributed by atoms with E-state index in [1.165, 1.54) is 12.1 Å². The summed E-state index contributed by atoms with van der Waals surface area (Å²) in [7, 11) is 0. The minimum Gasteiger partial charge on any atom is -0.504 e. The number of benzene rings is 3. The van der Waals surface area contributed by atoms with E-state index < -0.39 is 0 Å². The van der Waals surface area contributed by atoms with E-state index in [2.05, 4.69) is 0 Å². The first kappa shape index (κ1) is 15.4. The number of hydrogen-bond acceptors (Lipinski definition) is 6. The molecule has 6 heteroatoms. The molecule has 0 unspecified atom stereocenters. The van der Waals surface area contributed by atoms with Crippen LogP contribution in [-0.2, 0) is 0 Å². The highest BCUT2D eigenvalue weighted by Crippen LogP contribution is 2.31. The quantitative estimate of drug-likeness (QED) is 0.529. The number of phenols is 2. The third kappa shape index (κ3) is 3.61. The van der Waals surface area contributed by atoms with Crippen molar-refractivity contribution in [1.82, 2.24) is 0 Å². The molecule has 0 amide bonds. The number of rotatable bonds is 6. The summed E-state index contributed by atoms with van der Waals surface area (Å²) < 4.78 is 0. The molecule has 3 aromatic carbocycles. The van der Waals surface area contributed by atoms with Gasteiger partial charge in [-0.3, -0.25) is 19.6 Å². The third-order valence-electron chi connectivity index (χ3n) is 3.02. The molecule has 0 saturated heterocycles. The minimum absolute atomic E-state index is 0.0543. The molecule has 0 fully saturated rings.